The zero-order chi connectivity index (χ0) is 19.4. The first-order chi connectivity index (χ1) is 13.7. The Kier molecular flexibility index (Phi) is 6.28. The summed E-state index contributed by atoms with van der Waals surface area (Å²) < 4.78 is 11.9. The van der Waals surface area contributed by atoms with Crippen LogP contribution in [-0.4, -0.2) is 72.7 Å². The van der Waals surface area contributed by atoms with Crippen molar-refractivity contribution in [2.75, 3.05) is 46.0 Å². The Morgan fingerprint density at radius 2 is 1.96 bits per heavy atom. The summed E-state index contributed by atoms with van der Waals surface area (Å²) in [6, 6.07) is 4.64. The smallest absolute Gasteiger partial charge is 0.219 e. The van der Waals surface area contributed by atoms with Crippen LogP contribution in [0.15, 0.2) is 24.5 Å². The molecule has 1 spiro atoms. The molecule has 3 saturated heterocycles. The molecule has 1 amide bonds. The van der Waals surface area contributed by atoms with Crippen LogP contribution < -0.4 is 0 Å². The van der Waals surface area contributed by atoms with Crippen LogP contribution in [0.5, 0.6) is 0 Å². The van der Waals surface area contributed by atoms with Crippen LogP contribution in [0.3, 0.4) is 0 Å². The molecule has 6 heteroatoms. The second-order valence-electron chi connectivity index (χ2n) is 8.71. The summed E-state index contributed by atoms with van der Waals surface area (Å²) in [6.45, 7) is 8.96. The number of aromatic nitrogens is 1. The largest absolute Gasteiger partial charge is 0.381 e. The maximum Gasteiger partial charge on any atom is 0.219 e. The number of amides is 1. The summed E-state index contributed by atoms with van der Waals surface area (Å²) >= 11 is 0. The zero-order valence-electron chi connectivity index (χ0n) is 17.0. The number of hydrogen-bond acceptors (Lipinski definition) is 5. The third-order valence-corrected chi connectivity index (χ3v) is 7.09. The number of likely N-dealkylation sites (tertiary alicyclic amines) is 2. The van der Waals surface area contributed by atoms with Gasteiger partial charge in [-0.3, -0.25) is 14.7 Å². The zero-order valence-corrected chi connectivity index (χ0v) is 17.0. The quantitative estimate of drug-likeness (QED) is 0.776. The van der Waals surface area contributed by atoms with E-state index in [9.17, 15) is 4.79 Å². The standard InChI is InChI=1S/C22H33N3O3/c1-18(26)24-10-4-21(5-11-24)25-14-20(22(17-25)6-12-27-13-7-22)16-28-15-19-2-8-23-9-3-19/h2-3,8-9,20-21H,4-7,10-17H2,1H3. The third kappa shape index (κ3) is 4.39. The van der Waals surface area contributed by atoms with Gasteiger partial charge in [0.25, 0.3) is 0 Å². The summed E-state index contributed by atoms with van der Waals surface area (Å²) in [4.78, 5) is 20.4. The molecular formula is C22H33N3O3. The van der Waals surface area contributed by atoms with Crippen LogP contribution in [-0.2, 0) is 20.9 Å². The van der Waals surface area contributed by atoms with Crippen LogP contribution in [0.4, 0.5) is 0 Å². The van der Waals surface area contributed by atoms with E-state index in [1.165, 1.54) is 5.56 Å². The molecule has 0 saturated carbocycles. The Labute approximate surface area is 168 Å². The predicted molar refractivity (Wildman–Crippen MR) is 107 cm³/mol. The van der Waals surface area contributed by atoms with Gasteiger partial charge in [-0.2, -0.15) is 0 Å². The number of nitrogens with zero attached hydrogens (tertiary/aromatic N) is 3. The highest BCUT2D eigenvalue weighted by Gasteiger charge is 2.48. The number of rotatable bonds is 5. The van der Waals surface area contributed by atoms with Crippen LogP contribution in [0.25, 0.3) is 0 Å². The Bertz CT molecular complexity index is 640. The fourth-order valence-corrected chi connectivity index (χ4v) is 5.27. The number of carbonyl (C=O) groups is 1. The van der Waals surface area contributed by atoms with E-state index < -0.39 is 0 Å². The molecule has 1 unspecified atom stereocenters. The molecule has 0 N–H and O–H groups in total. The normalized spacial score (nSPS) is 26.0. The van der Waals surface area contributed by atoms with E-state index >= 15 is 0 Å². The molecule has 1 atom stereocenters. The van der Waals surface area contributed by atoms with Gasteiger partial charge in [-0.1, -0.05) is 0 Å². The van der Waals surface area contributed by atoms with Gasteiger partial charge in [-0.05, 0) is 48.8 Å². The average Bonchev–Trinajstić information content (AvgIpc) is 3.07. The van der Waals surface area contributed by atoms with Gasteiger partial charge in [0.1, 0.15) is 0 Å². The predicted octanol–water partition coefficient (Wildman–Crippen LogP) is 2.34. The van der Waals surface area contributed by atoms with Gasteiger partial charge in [0.15, 0.2) is 0 Å². The first-order valence-corrected chi connectivity index (χ1v) is 10.7. The Balaban J connectivity index is 1.36. The van der Waals surface area contributed by atoms with Crippen molar-refractivity contribution in [1.82, 2.24) is 14.8 Å². The number of piperidine rings is 1. The van der Waals surface area contributed by atoms with E-state index in [1.54, 1.807) is 6.92 Å². The van der Waals surface area contributed by atoms with Crippen LogP contribution in [0.1, 0.15) is 38.2 Å². The van der Waals surface area contributed by atoms with Crippen molar-refractivity contribution >= 4 is 5.91 Å². The van der Waals surface area contributed by atoms with Gasteiger partial charge in [-0.15, -0.1) is 0 Å². The summed E-state index contributed by atoms with van der Waals surface area (Å²) in [5, 5.41) is 0. The molecule has 1 aromatic rings. The first kappa shape index (κ1) is 19.8. The molecule has 3 fully saturated rings. The molecule has 3 aliphatic heterocycles. The van der Waals surface area contributed by atoms with Gasteiger partial charge >= 0.3 is 0 Å². The van der Waals surface area contributed by atoms with Crippen LogP contribution in [0, 0.1) is 11.3 Å². The third-order valence-electron chi connectivity index (χ3n) is 7.09. The topological polar surface area (TPSA) is 54.9 Å². The monoisotopic (exact) mass is 387 g/mol. The summed E-state index contributed by atoms with van der Waals surface area (Å²) in [5.41, 5.74) is 1.51. The molecule has 1 aromatic heterocycles. The van der Waals surface area contributed by atoms with Gasteiger partial charge in [0, 0.05) is 70.7 Å². The molecule has 0 bridgehead atoms. The summed E-state index contributed by atoms with van der Waals surface area (Å²) in [6.07, 6.45) is 8.11. The highest BCUT2D eigenvalue weighted by molar-refractivity contribution is 5.73. The van der Waals surface area contributed by atoms with Gasteiger partial charge in [0.2, 0.25) is 5.91 Å². The average molecular weight is 388 g/mol. The maximum atomic E-state index is 11.6. The first-order valence-electron chi connectivity index (χ1n) is 10.7. The fraction of sp³-hybridized carbons (Fsp3) is 0.727. The van der Waals surface area contributed by atoms with Gasteiger partial charge < -0.3 is 14.4 Å². The molecule has 4 heterocycles. The van der Waals surface area contributed by atoms with Crippen molar-refractivity contribution in [3.05, 3.63) is 30.1 Å². The molecular weight excluding hydrogens is 354 g/mol. The molecule has 3 aliphatic rings. The lowest BCUT2D eigenvalue weighted by Gasteiger charge is -2.39. The Morgan fingerprint density at radius 1 is 1.25 bits per heavy atom. The minimum Gasteiger partial charge on any atom is -0.381 e. The SMILES string of the molecule is CC(=O)N1CCC(N2CC(COCc3ccncc3)C3(CCOCC3)C2)CC1. The maximum absolute atomic E-state index is 11.6. The lowest BCUT2D eigenvalue weighted by molar-refractivity contribution is -0.130. The second-order valence-corrected chi connectivity index (χ2v) is 8.71. The van der Waals surface area contributed by atoms with Crippen LogP contribution in [0.2, 0.25) is 0 Å². The Morgan fingerprint density at radius 3 is 2.64 bits per heavy atom. The highest BCUT2D eigenvalue weighted by Crippen LogP contribution is 2.45. The van der Waals surface area contributed by atoms with Crippen molar-refractivity contribution < 1.29 is 14.3 Å². The van der Waals surface area contributed by atoms with Crippen molar-refractivity contribution in [1.29, 1.82) is 0 Å². The summed E-state index contributed by atoms with van der Waals surface area (Å²) in [7, 11) is 0. The van der Waals surface area contributed by atoms with E-state index in [1.807, 2.05) is 29.4 Å². The van der Waals surface area contributed by atoms with E-state index in [0.717, 1.165) is 71.7 Å². The van der Waals surface area contributed by atoms with Crippen LogP contribution >= 0.6 is 0 Å². The molecule has 4 rings (SSSR count). The number of hydrogen-bond donors (Lipinski definition) is 0. The minimum absolute atomic E-state index is 0.211. The van der Waals surface area contributed by atoms with Gasteiger partial charge in [0.05, 0.1) is 13.2 Å². The molecule has 6 nitrogen and oxygen atoms in total. The van der Waals surface area contributed by atoms with E-state index in [-0.39, 0.29) is 5.91 Å². The lowest BCUT2D eigenvalue weighted by atomic mass is 9.72. The molecule has 28 heavy (non-hydrogen) atoms. The fourth-order valence-electron chi connectivity index (χ4n) is 5.27. The molecule has 0 aliphatic carbocycles. The number of carbonyl (C=O) groups excluding carboxylic acids is 1. The lowest BCUT2D eigenvalue weighted by Crippen LogP contribution is -2.46. The molecule has 0 aromatic carbocycles. The van der Waals surface area contributed by atoms with E-state index in [4.69, 9.17) is 9.47 Å². The van der Waals surface area contributed by atoms with Crippen molar-refractivity contribution in [3.8, 4) is 0 Å². The molecule has 154 valence electrons. The number of ether oxygens (including phenoxy) is 2. The highest BCUT2D eigenvalue weighted by atomic mass is 16.5. The van der Waals surface area contributed by atoms with E-state index in [2.05, 4.69) is 9.88 Å². The second kappa shape index (κ2) is 8.89. The van der Waals surface area contributed by atoms with Crippen molar-refractivity contribution in [2.45, 2.75) is 45.3 Å². The Hall–Kier alpha value is -1.50. The summed E-state index contributed by atoms with van der Waals surface area (Å²) in [5.74, 6) is 0.771. The molecule has 0 radical (unpaired) electrons. The van der Waals surface area contributed by atoms with Crippen molar-refractivity contribution in [2.24, 2.45) is 11.3 Å². The number of pyridine rings is 1. The van der Waals surface area contributed by atoms with E-state index in [0.29, 0.717) is 24.0 Å². The minimum atomic E-state index is 0.211. The van der Waals surface area contributed by atoms with Gasteiger partial charge in [-0.25, -0.2) is 0 Å². The van der Waals surface area contributed by atoms with Crippen molar-refractivity contribution in [3.63, 3.8) is 0 Å².